The van der Waals surface area contributed by atoms with Crippen LogP contribution in [0.1, 0.15) is 27.7 Å². The first-order chi connectivity index (χ1) is 16.8. The molecule has 0 spiro atoms. The Kier molecular flexibility index (Phi) is 7.23. The number of carbonyl (C=O) groups excluding carboxylic acids is 2. The van der Waals surface area contributed by atoms with E-state index < -0.39 is 9.84 Å². The van der Waals surface area contributed by atoms with Crippen molar-refractivity contribution in [3.63, 3.8) is 0 Å². The minimum atomic E-state index is -3.31. The molecular weight excluding hydrogens is 485 g/mol. The van der Waals surface area contributed by atoms with Gasteiger partial charge in [0.15, 0.2) is 9.84 Å². The van der Waals surface area contributed by atoms with Crippen molar-refractivity contribution < 1.29 is 22.4 Å². The van der Waals surface area contributed by atoms with Crippen LogP contribution in [0.5, 0.6) is 0 Å². The minimum Gasteiger partial charge on any atom is -0.317 e. The fourth-order valence-electron chi connectivity index (χ4n) is 3.53. The molecule has 4 rings (SSSR count). The summed E-state index contributed by atoms with van der Waals surface area (Å²) in [6.07, 6.45) is 0.0399. The molecule has 5 nitrogen and oxygen atoms in total. The molecule has 0 radical (unpaired) electrons. The number of hydrogen-bond donors (Lipinski definition) is 1. The van der Waals surface area contributed by atoms with Crippen molar-refractivity contribution in [1.82, 2.24) is 0 Å². The highest BCUT2D eigenvalue weighted by Crippen LogP contribution is 2.36. The lowest BCUT2D eigenvalue weighted by Gasteiger charge is -2.05. The fourth-order valence-corrected chi connectivity index (χ4v) is 5.48. The zero-order chi connectivity index (χ0) is 25.0. The molecule has 0 aliphatic heterocycles. The number of carbonyl (C=O) groups is 2. The molecule has 0 aliphatic rings. The summed E-state index contributed by atoms with van der Waals surface area (Å²) in [4.78, 5) is 26.6. The molecule has 8 heteroatoms. The average molecular weight is 508 g/mol. The predicted octanol–water partition coefficient (Wildman–Crippen LogP) is 5.76. The Balaban J connectivity index is 1.58. The van der Waals surface area contributed by atoms with E-state index in [1.165, 1.54) is 24.3 Å². The van der Waals surface area contributed by atoms with E-state index in [0.29, 0.717) is 32.1 Å². The van der Waals surface area contributed by atoms with Crippen LogP contribution in [-0.4, -0.2) is 25.9 Å². The first-order valence-corrected chi connectivity index (χ1v) is 13.3. The number of halogens is 1. The molecule has 1 amide bonds. The Morgan fingerprint density at radius 1 is 0.914 bits per heavy atom. The van der Waals surface area contributed by atoms with Gasteiger partial charge in [0.25, 0.3) is 0 Å². The number of rotatable bonds is 8. The Bertz CT molecular complexity index is 1460. The van der Waals surface area contributed by atoms with E-state index in [4.69, 9.17) is 0 Å². The highest BCUT2D eigenvalue weighted by atomic mass is 32.2. The van der Waals surface area contributed by atoms with Crippen LogP contribution in [0.3, 0.4) is 0 Å². The second-order valence-electron chi connectivity index (χ2n) is 7.83. The average Bonchev–Trinajstić information content (AvgIpc) is 3.28. The largest absolute Gasteiger partial charge is 0.317 e. The first kappa shape index (κ1) is 24.5. The number of sulfone groups is 1. The maximum Gasteiger partial charge on any atom is 0.229 e. The summed E-state index contributed by atoms with van der Waals surface area (Å²) in [5.74, 6) is -0.873. The van der Waals surface area contributed by atoms with Crippen LogP contribution >= 0.6 is 11.3 Å². The summed E-state index contributed by atoms with van der Waals surface area (Å²) in [5.41, 5.74) is 2.44. The number of amides is 1. The van der Waals surface area contributed by atoms with Crippen molar-refractivity contribution in [3.8, 4) is 11.1 Å². The molecule has 35 heavy (non-hydrogen) atoms. The summed E-state index contributed by atoms with van der Waals surface area (Å²) >= 11 is 1.15. The Morgan fingerprint density at radius 3 is 2.20 bits per heavy atom. The second-order valence-corrected chi connectivity index (χ2v) is 11.2. The van der Waals surface area contributed by atoms with Crippen molar-refractivity contribution in [1.29, 1.82) is 0 Å². The number of thiophene rings is 1. The molecular formula is C27H22FNO4S2. The lowest BCUT2D eigenvalue weighted by atomic mass is 10.0. The van der Waals surface area contributed by atoms with E-state index in [9.17, 15) is 22.4 Å². The number of benzene rings is 3. The number of ketones is 1. The fraction of sp³-hybridized carbons (Fsp3) is 0.111. The van der Waals surface area contributed by atoms with Crippen LogP contribution in [0, 0.1) is 5.82 Å². The highest BCUT2D eigenvalue weighted by molar-refractivity contribution is 7.91. The molecule has 0 aliphatic carbocycles. The van der Waals surface area contributed by atoms with Crippen LogP contribution in [0.4, 0.5) is 9.39 Å². The number of anilines is 1. The van der Waals surface area contributed by atoms with Gasteiger partial charge in [-0.05, 0) is 41.5 Å². The van der Waals surface area contributed by atoms with Crippen molar-refractivity contribution in [2.24, 2.45) is 0 Å². The van der Waals surface area contributed by atoms with Gasteiger partial charge in [-0.3, -0.25) is 9.59 Å². The van der Waals surface area contributed by atoms with Gasteiger partial charge < -0.3 is 5.32 Å². The van der Waals surface area contributed by atoms with Gasteiger partial charge in [-0.2, -0.15) is 0 Å². The van der Waals surface area contributed by atoms with Crippen molar-refractivity contribution in [3.05, 3.63) is 107 Å². The number of hydrogen-bond acceptors (Lipinski definition) is 5. The second kappa shape index (κ2) is 10.3. The molecule has 0 saturated heterocycles. The summed E-state index contributed by atoms with van der Waals surface area (Å²) in [6.45, 7) is 1.58. The molecule has 0 saturated carbocycles. The molecule has 3 aromatic carbocycles. The monoisotopic (exact) mass is 507 g/mol. The van der Waals surface area contributed by atoms with Crippen LogP contribution < -0.4 is 5.32 Å². The van der Waals surface area contributed by atoms with Gasteiger partial charge in [0.05, 0.1) is 26.9 Å². The molecule has 1 heterocycles. The lowest BCUT2D eigenvalue weighted by Crippen LogP contribution is -2.13. The van der Waals surface area contributed by atoms with E-state index in [1.54, 1.807) is 61.5 Å². The molecule has 178 valence electrons. The molecule has 1 N–H and O–H groups in total. The quantitative estimate of drug-likeness (QED) is 0.308. The highest BCUT2D eigenvalue weighted by Gasteiger charge is 2.20. The van der Waals surface area contributed by atoms with E-state index in [-0.39, 0.29) is 34.6 Å². The normalized spacial score (nSPS) is 11.3. The Hall–Kier alpha value is -3.62. The van der Waals surface area contributed by atoms with Crippen LogP contribution in [-0.2, 0) is 21.1 Å². The minimum absolute atomic E-state index is 0.00559. The third-order valence-corrected chi connectivity index (χ3v) is 8.22. The van der Waals surface area contributed by atoms with Gasteiger partial charge >= 0.3 is 0 Å². The molecule has 0 bridgehead atoms. The zero-order valence-electron chi connectivity index (χ0n) is 18.8. The third kappa shape index (κ3) is 5.72. The van der Waals surface area contributed by atoms with E-state index >= 15 is 0 Å². The third-order valence-electron chi connectivity index (χ3n) is 5.42. The maximum atomic E-state index is 13.5. The van der Waals surface area contributed by atoms with Crippen molar-refractivity contribution in [2.45, 2.75) is 18.2 Å². The molecule has 4 aromatic rings. The summed E-state index contributed by atoms with van der Waals surface area (Å²) in [6, 6.07) is 22.6. The SMILES string of the molecule is CCS(=O)(=O)c1ccc(CC(=O)Nc2cc(-c3ccc(F)cc3)c(C(=O)c3ccccc3)s2)cc1. The van der Waals surface area contributed by atoms with Crippen LogP contribution in [0.15, 0.2) is 89.8 Å². The van der Waals surface area contributed by atoms with Gasteiger partial charge in [0.1, 0.15) is 5.82 Å². The van der Waals surface area contributed by atoms with Gasteiger partial charge in [-0.15, -0.1) is 11.3 Å². The van der Waals surface area contributed by atoms with Crippen molar-refractivity contribution >= 4 is 37.9 Å². The topological polar surface area (TPSA) is 80.3 Å². The molecule has 1 aromatic heterocycles. The van der Waals surface area contributed by atoms with E-state index in [1.807, 2.05) is 6.07 Å². The zero-order valence-corrected chi connectivity index (χ0v) is 20.5. The van der Waals surface area contributed by atoms with Crippen LogP contribution in [0.25, 0.3) is 11.1 Å². The summed E-state index contributed by atoms with van der Waals surface area (Å²) in [5, 5.41) is 3.31. The molecule has 0 atom stereocenters. The molecule has 0 fully saturated rings. The van der Waals surface area contributed by atoms with Gasteiger partial charge in [-0.1, -0.05) is 61.5 Å². The standard InChI is InChI=1S/C27H22FNO4S2/c1-2-35(32,33)22-14-8-18(9-15-22)16-24(30)29-25-17-23(19-10-12-21(28)13-11-19)27(34-25)26(31)20-6-4-3-5-7-20/h3-15,17H,2,16H2,1H3,(H,29,30). The predicted molar refractivity (Wildman–Crippen MR) is 136 cm³/mol. The summed E-state index contributed by atoms with van der Waals surface area (Å²) in [7, 11) is -3.31. The Labute approximate surface area is 207 Å². The first-order valence-electron chi connectivity index (χ1n) is 10.9. The van der Waals surface area contributed by atoms with Gasteiger partial charge in [0.2, 0.25) is 11.7 Å². The van der Waals surface area contributed by atoms with Gasteiger partial charge in [0, 0.05) is 11.1 Å². The van der Waals surface area contributed by atoms with Crippen LogP contribution in [0.2, 0.25) is 0 Å². The van der Waals surface area contributed by atoms with E-state index in [0.717, 1.165) is 11.3 Å². The van der Waals surface area contributed by atoms with E-state index in [2.05, 4.69) is 5.32 Å². The summed E-state index contributed by atoms with van der Waals surface area (Å²) < 4.78 is 37.4. The Morgan fingerprint density at radius 2 is 1.57 bits per heavy atom. The number of nitrogens with one attached hydrogen (secondary N) is 1. The van der Waals surface area contributed by atoms with Gasteiger partial charge in [-0.25, -0.2) is 12.8 Å². The molecule has 0 unspecified atom stereocenters. The maximum absolute atomic E-state index is 13.5. The smallest absolute Gasteiger partial charge is 0.229 e. The lowest BCUT2D eigenvalue weighted by molar-refractivity contribution is -0.115. The van der Waals surface area contributed by atoms with Crippen molar-refractivity contribution in [2.75, 3.05) is 11.1 Å².